The number of hydrogen-bond donors (Lipinski definition) is 4. The van der Waals surface area contributed by atoms with E-state index in [1.807, 2.05) is 6.08 Å². The van der Waals surface area contributed by atoms with Gasteiger partial charge in [0.1, 0.15) is 0 Å². The van der Waals surface area contributed by atoms with E-state index in [1.165, 1.54) is 0 Å². The molecule has 0 rings (SSSR count). The molecule has 0 spiro atoms. The second-order valence-corrected chi connectivity index (χ2v) is 5.18. The SMILES string of the molecule is C=CCCCCC(O)C(O)CCCCCCC(O)O. The second kappa shape index (κ2) is 12.6. The first-order valence-corrected chi connectivity index (χ1v) is 7.41. The lowest BCUT2D eigenvalue weighted by atomic mass is 10.0. The molecule has 0 aliphatic rings. The van der Waals surface area contributed by atoms with Crippen molar-refractivity contribution in [2.75, 3.05) is 0 Å². The number of unbranched alkanes of at least 4 members (excludes halogenated alkanes) is 5. The van der Waals surface area contributed by atoms with Crippen molar-refractivity contribution in [2.24, 2.45) is 0 Å². The fourth-order valence-corrected chi connectivity index (χ4v) is 2.06. The van der Waals surface area contributed by atoms with Crippen molar-refractivity contribution in [1.29, 1.82) is 0 Å². The Labute approximate surface area is 116 Å². The van der Waals surface area contributed by atoms with Crippen LogP contribution in [0.1, 0.15) is 64.2 Å². The second-order valence-electron chi connectivity index (χ2n) is 5.18. The minimum absolute atomic E-state index is 0.411. The van der Waals surface area contributed by atoms with E-state index in [9.17, 15) is 10.2 Å². The van der Waals surface area contributed by atoms with Gasteiger partial charge in [0.25, 0.3) is 0 Å². The lowest BCUT2D eigenvalue weighted by Gasteiger charge is -2.17. The van der Waals surface area contributed by atoms with E-state index in [2.05, 4.69) is 6.58 Å². The number of aliphatic hydroxyl groups is 4. The Morgan fingerprint density at radius 1 is 0.684 bits per heavy atom. The van der Waals surface area contributed by atoms with Gasteiger partial charge >= 0.3 is 0 Å². The van der Waals surface area contributed by atoms with Gasteiger partial charge in [-0.3, -0.25) is 0 Å². The van der Waals surface area contributed by atoms with Gasteiger partial charge in [-0.2, -0.15) is 0 Å². The first-order valence-electron chi connectivity index (χ1n) is 7.41. The summed E-state index contributed by atoms with van der Waals surface area (Å²) in [6, 6.07) is 0. The molecule has 0 amide bonds. The van der Waals surface area contributed by atoms with E-state index in [4.69, 9.17) is 10.2 Å². The molecule has 0 radical (unpaired) electrons. The van der Waals surface area contributed by atoms with Crippen LogP contribution in [0, 0.1) is 0 Å². The van der Waals surface area contributed by atoms with E-state index >= 15 is 0 Å². The smallest absolute Gasteiger partial charge is 0.151 e. The Morgan fingerprint density at radius 2 is 1.16 bits per heavy atom. The Hall–Kier alpha value is -0.420. The Morgan fingerprint density at radius 3 is 1.63 bits per heavy atom. The molecule has 0 aromatic rings. The molecule has 0 aromatic heterocycles. The summed E-state index contributed by atoms with van der Waals surface area (Å²) in [7, 11) is 0. The third-order valence-corrected chi connectivity index (χ3v) is 3.31. The molecule has 2 unspecified atom stereocenters. The van der Waals surface area contributed by atoms with Crippen molar-refractivity contribution < 1.29 is 20.4 Å². The maximum atomic E-state index is 9.77. The molecule has 19 heavy (non-hydrogen) atoms. The molecule has 114 valence electrons. The Bertz CT molecular complexity index is 206. The average molecular weight is 274 g/mol. The third-order valence-electron chi connectivity index (χ3n) is 3.31. The normalized spacial score (nSPS) is 14.6. The van der Waals surface area contributed by atoms with Crippen LogP contribution in [0.4, 0.5) is 0 Å². The van der Waals surface area contributed by atoms with Gasteiger partial charge in [-0.15, -0.1) is 6.58 Å². The maximum Gasteiger partial charge on any atom is 0.151 e. The summed E-state index contributed by atoms with van der Waals surface area (Å²) in [5.41, 5.74) is 0. The summed E-state index contributed by atoms with van der Waals surface area (Å²) in [5, 5.41) is 36.9. The first-order chi connectivity index (χ1) is 9.07. The number of hydrogen-bond acceptors (Lipinski definition) is 4. The quantitative estimate of drug-likeness (QED) is 0.235. The maximum absolute atomic E-state index is 9.77. The van der Waals surface area contributed by atoms with Gasteiger partial charge in [0.15, 0.2) is 6.29 Å². The van der Waals surface area contributed by atoms with Crippen molar-refractivity contribution in [3.63, 3.8) is 0 Å². The molecule has 0 aromatic carbocycles. The third kappa shape index (κ3) is 12.4. The lowest BCUT2D eigenvalue weighted by Crippen LogP contribution is -2.25. The molecule has 0 saturated carbocycles. The minimum Gasteiger partial charge on any atom is -0.390 e. The fraction of sp³-hybridized carbons (Fsp3) is 0.867. The Balaban J connectivity index is 3.40. The highest BCUT2D eigenvalue weighted by Gasteiger charge is 2.14. The highest BCUT2D eigenvalue weighted by Crippen LogP contribution is 2.14. The Kier molecular flexibility index (Phi) is 12.3. The summed E-state index contributed by atoms with van der Waals surface area (Å²) < 4.78 is 0. The van der Waals surface area contributed by atoms with Crippen LogP contribution in [0.5, 0.6) is 0 Å². The van der Waals surface area contributed by atoms with Gasteiger partial charge in [-0.25, -0.2) is 0 Å². The lowest BCUT2D eigenvalue weighted by molar-refractivity contribution is -0.0466. The van der Waals surface area contributed by atoms with Crippen molar-refractivity contribution in [3.05, 3.63) is 12.7 Å². The predicted octanol–water partition coefficient (Wildman–Crippen LogP) is 2.11. The van der Waals surface area contributed by atoms with Crippen LogP contribution < -0.4 is 0 Å². The van der Waals surface area contributed by atoms with Gasteiger partial charge in [0, 0.05) is 0 Å². The summed E-state index contributed by atoms with van der Waals surface area (Å²) in [4.78, 5) is 0. The van der Waals surface area contributed by atoms with Crippen LogP contribution in [0.3, 0.4) is 0 Å². The van der Waals surface area contributed by atoms with Crippen LogP contribution in [0.2, 0.25) is 0 Å². The zero-order valence-electron chi connectivity index (χ0n) is 11.9. The van der Waals surface area contributed by atoms with Gasteiger partial charge in [0.05, 0.1) is 12.2 Å². The van der Waals surface area contributed by atoms with Gasteiger partial charge in [-0.1, -0.05) is 31.8 Å². The van der Waals surface area contributed by atoms with E-state index < -0.39 is 18.5 Å². The molecule has 4 heteroatoms. The van der Waals surface area contributed by atoms with Gasteiger partial charge < -0.3 is 20.4 Å². The topological polar surface area (TPSA) is 80.9 Å². The van der Waals surface area contributed by atoms with Crippen LogP contribution in [-0.4, -0.2) is 38.9 Å². The summed E-state index contributed by atoms with van der Waals surface area (Å²) >= 11 is 0. The molecule has 0 aliphatic carbocycles. The molecule has 4 N–H and O–H groups in total. The van der Waals surface area contributed by atoms with Crippen molar-refractivity contribution >= 4 is 0 Å². The minimum atomic E-state index is -1.21. The highest BCUT2D eigenvalue weighted by molar-refractivity contribution is 4.70. The molecule has 2 atom stereocenters. The summed E-state index contributed by atoms with van der Waals surface area (Å²) in [6.07, 6.45) is 7.50. The first kappa shape index (κ1) is 18.6. The molecule has 0 aliphatic heterocycles. The monoisotopic (exact) mass is 274 g/mol. The van der Waals surface area contributed by atoms with E-state index in [0.29, 0.717) is 19.3 Å². The number of allylic oxidation sites excluding steroid dienone is 1. The largest absolute Gasteiger partial charge is 0.390 e. The van der Waals surface area contributed by atoms with Crippen LogP contribution in [0.15, 0.2) is 12.7 Å². The van der Waals surface area contributed by atoms with Crippen LogP contribution >= 0.6 is 0 Å². The highest BCUT2D eigenvalue weighted by atomic mass is 16.5. The van der Waals surface area contributed by atoms with E-state index in [-0.39, 0.29) is 0 Å². The zero-order chi connectivity index (χ0) is 14.5. The molecule has 0 saturated heterocycles. The number of aliphatic hydroxyl groups excluding tert-OH is 3. The molecule has 0 bridgehead atoms. The van der Waals surface area contributed by atoms with Crippen molar-refractivity contribution in [2.45, 2.75) is 82.7 Å². The average Bonchev–Trinajstić information content (AvgIpc) is 2.37. The molecular weight excluding hydrogens is 244 g/mol. The molecule has 0 fully saturated rings. The summed E-state index contributed by atoms with van der Waals surface area (Å²) in [5.74, 6) is 0. The van der Waals surface area contributed by atoms with Gasteiger partial charge in [0.2, 0.25) is 0 Å². The fourth-order valence-electron chi connectivity index (χ4n) is 2.06. The van der Waals surface area contributed by atoms with E-state index in [0.717, 1.165) is 44.9 Å². The molecule has 4 nitrogen and oxygen atoms in total. The molecule has 0 heterocycles. The van der Waals surface area contributed by atoms with Crippen molar-refractivity contribution in [1.82, 2.24) is 0 Å². The zero-order valence-corrected chi connectivity index (χ0v) is 11.9. The molecular formula is C15H30O4. The summed E-state index contributed by atoms with van der Waals surface area (Å²) in [6.45, 7) is 3.65. The number of rotatable bonds is 13. The standard InChI is InChI=1S/C15H30O4/c1-2-3-4-7-10-13(16)14(17)11-8-5-6-9-12-15(18)19/h2,13-19H,1,3-12H2. The predicted molar refractivity (Wildman–Crippen MR) is 76.6 cm³/mol. The van der Waals surface area contributed by atoms with Crippen LogP contribution in [-0.2, 0) is 0 Å². The van der Waals surface area contributed by atoms with Crippen LogP contribution in [0.25, 0.3) is 0 Å². The van der Waals surface area contributed by atoms with Gasteiger partial charge in [-0.05, 0) is 38.5 Å². The van der Waals surface area contributed by atoms with E-state index in [1.54, 1.807) is 0 Å². The van der Waals surface area contributed by atoms with Crippen molar-refractivity contribution in [3.8, 4) is 0 Å².